The molecule has 5 heteroatoms. The molecule has 1 atom stereocenters. The second-order valence-electron chi connectivity index (χ2n) is 3.56. The van der Waals surface area contributed by atoms with Crippen molar-refractivity contribution in [3.63, 3.8) is 0 Å². The van der Waals surface area contributed by atoms with Crippen molar-refractivity contribution >= 4 is 22.8 Å². The van der Waals surface area contributed by atoms with Gasteiger partial charge in [0, 0.05) is 12.5 Å². The number of hydrogen-bond donors (Lipinski definition) is 0. The number of ether oxygens (including phenoxy) is 2. The topological polar surface area (TPSA) is 52.6 Å². The molecular weight excluding hydrogens is 216 g/mol. The monoisotopic (exact) mass is 230 g/mol. The minimum absolute atomic E-state index is 0.0264. The van der Waals surface area contributed by atoms with Crippen LogP contribution in [0.1, 0.15) is 20.8 Å². The second-order valence-corrected chi connectivity index (χ2v) is 5.03. The van der Waals surface area contributed by atoms with Crippen LogP contribution in [0.15, 0.2) is 11.3 Å². The zero-order valence-corrected chi connectivity index (χ0v) is 10.1. The summed E-state index contributed by atoms with van der Waals surface area (Å²) in [7, 11) is 1.52. The number of rotatable bonds is 3. The predicted octanol–water partition coefficient (Wildman–Crippen LogP) is 1.50. The van der Waals surface area contributed by atoms with Gasteiger partial charge in [0.05, 0.1) is 7.11 Å². The molecule has 0 bridgehead atoms. The molecule has 84 valence electrons. The molecule has 1 heterocycles. The Morgan fingerprint density at radius 1 is 1.53 bits per heavy atom. The maximum Gasteiger partial charge on any atom is 0.302 e. The Kier molecular flexibility index (Phi) is 3.44. The summed E-state index contributed by atoms with van der Waals surface area (Å²) in [6.07, 6.45) is 0. The number of carbonyl (C=O) groups is 2. The highest BCUT2D eigenvalue weighted by Crippen LogP contribution is 2.43. The van der Waals surface area contributed by atoms with Gasteiger partial charge in [-0.3, -0.25) is 9.59 Å². The standard InChI is InChI=1S/C10H14O4S/c1-6-8(13-4)10(3,15-9(6)12)5-14-7(2)11/h5H2,1-4H3. The molecule has 0 N–H and O–H groups in total. The Balaban J connectivity index is 2.86. The van der Waals surface area contributed by atoms with E-state index in [-0.39, 0.29) is 17.7 Å². The quantitative estimate of drug-likeness (QED) is 0.688. The average Bonchev–Trinajstić information content (AvgIpc) is 2.36. The van der Waals surface area contributed by atoms with Gasteiger partial charge < -0.3 is 9.47 Å². The van der Waals surface area contributed by atoms with Crippen molar-refractivity contribution in [1.82, 2.24) is 0 Å². The summed E-state index contributed by atoms with van der Waals surface area (Å²) in [5.41, 5.74) is 0.595. The summed E-state index contributed by atoms with van der Waals surface area (Å²) >= 11 is 1.14. The molecule has 1 unspecified atom stereocenters. The molecule has 0 saturated heterocycles. The number of carbonyl (C=O) groups excluding carboxylic acids is 2. The normalized spacial score (nSPS) is 25.7. The van der Waals surface area contributed by atoms with E-state index < -0.39 is 4.75 Å². The molecule has 0 amide bonds. The van der Waals surface area contributed by atoms with Gasteiger partial charge in [0.25, 0.3) is 0 Å². The van der Waals surface area contributed by atoms with Crippen molar-refractivity contribution < 1.29 is 19.1 Å². The van der Waals surface area contributed by atoms with Crippen LogP contribution in [0.2, 0.25) is 0 Å². The molecule has 0 aromatic rings. The van der Waals surface area contributed by atoms with Gasteiger partial charge in [-0.2, -0.15) is 0 Å². The van der Waals surface area contributed by atoms with E-state index in [0.29, 0.717) is 11.3 Å². The Labute approximate surface area is 93.0 Å². The summed E-state index contributed by atoms with van der Waals surface area (Å²) in [4.78, 5) is 22.2. The van der Waals surface area contributed by atoms with E-state index in [2.05, 4.69) is 0 Å². The van der Waals surface area contributed by atoms with Gasteiger partial charge in [-0.1, -0.05) is 11.8 Å². The molecule has 0 fully saturated rings. The van der Waals surface area contributed by atoms with E-state index in [4.69, 9.17) is 9.47 Å². The average molecular weight is 230 g/mol. The predicted molar refractivity (Wildman–Crippen MR) is 57.3 cm³/mol. The van der Waals surface area contributed by atoms with Gasteiger partial charge in [0.15, 0.2) is 0 Å². The summed E-state index contributed by atoms with van der Waals surface area (Å²) < 4.78 is 9.54. The first-order valence-electron chi connectivity index (χ1n) is 4.53. The van der Waals surface area contributed by atoms with Gasteiger partial charge in [0.2, 0.25) is 5.12 Å². The highest BCUT2D eigenvalue weighted by molar-refractivity contribution is 8.15. The lowest BCUT2D eigenvalue weighted by Crippen LogP contribution is -2.29. The van der Waals surface area contributed by atoms with Crippen molar-refractivity contribution in [2.24, 2.45) is 0 Å². The van der Waals surface area contributed by atoms with Crippen LogP contribution in [0.25, 0.3) is 0 Å². The van der Waals surface area contributed by atoms with Crippen molar-refractivity contribution in [2.45, 2.75) is 25.5 Å². The van der Waals surface area contributed by atoms with Gasteiger partial charge in [-0.05, 0) is 13.8 Å². The fourth-order valence-electron chi connectivity index (χ4n) is 1.52. The maximum atomic E-state index is 11.5. The van der Waals surface area contributed by atoms with Crippen LogP contribution < -0.4 is 0 Å². The molecule has 15 heavy (non-hydrogen) atoms. The molecule has 0 aromatic heterocycles. The molecule has 0 aromatic carbocycles. The minimum Gasteiger partial charge on any atom is -0.499 e. The molecule has 1 rings (SSSR count). The third kappa shape index (κ3) is 2.34. The van der Waals surface area contributed by atoms with E-state index in [1.54, 1.807) is 6.92 Å². The van der Waals surface area contributed by atoms with Crippen molar-refractivity contribution in [1.29, 1.82) is 0 Å². The van der Waals surface area contributed by atoms with E-state index in [9.17, 15) is 9.59 Å². The molecule has 0 aliphatic carbocycles. The highest BCUT2D eigenvalue weighted by atomic mass is 32.2. The Bertz CT molecular complexity index is 334. The first-order valence-corrected chi connectivity index (χ1v) is 5.34. The molecule has 4 nitrogen and oxygen atoms in total. The van der Waals surface area contributed by atoms with E-state index in [0.717, 1.165) is 11.8 Å². The van der Waals surface area contributed by atoms with Crippen LogP contribution in [-0.4, -0.2) is 29.5 Å². The number of methoxy groups -OCH3 is 1. The second kappa shape index (κ2) is 4.26. The molecule has 0 spiro atoms. The fourth-order valence-corrected chi connectivity index (χ4v) is 2.62. The number of thioether (sulfide) groups is 1. The summed E-state index contributed by atoms with van der Waals surface area (Å²) in [6.45, 7) is 5.04. The lowest BCUT2D eigenvalue weighted by atomic mass is 10.1. The molecule has 1 aliphatic heterocycles. The SMILES string of the molecule is COC1=C(C)C(=O)SC1(C)COC(C)=O. The first kappa shape index (κ1) is 12.1. The third-order valence-electron chi connectivity index (χ3n) is 2.20. The van der Waals surface area contributed by atoms with Crippen LogP contribution in [0.3, 0.4) is 0 Å². The summed E-state index contributed by atoms with van der Waals surface area (Å²) in [6, 6.07) is 0. The highest BCUT2D eigenvalue weighted by Gasteiger charge is 2.43. The van der Waals surface area contributed by atoms with Crippen LogP contribution in [0.5, 0.6) is 0 Å². The molecule has 0 saturated carbocycles. The van der Waals surface area contributed by atoms with Gasteiger partial charge in [-0.25, -0.2) is 0 Å². The lowest BCUT2D eigenvalue weighted by Gasteiger charge is -2.24. The Hall–Kier alpha value is -0.970. The summed E-state index contributed by atoms with van der Waals surface area (Å²) in [5.74, 6) is 0.239. The third-order valence-corrected chi connectivity index (χ3v) is 3.45. The smallest absolute Gasteiger partial charge is 0.302 e. The van der Waals surface area contributed by atoms with E-state index >= 15 is 0 Å². The maximum absolute atomic E-state index is 11.5. The number of hydrogen-bond acceptors (Lipinski definition) is 5. The first-order chi connectivity index (χ1) is 6.90. The van der Waals surface area contributed by atoms with Crippen LogP contribution in [-0.2, 0) is 19.1 Å². The van der Waals surface area contributed by atoms with Crippen LogP contribution >= 0.6 is 11.8 Å². The number of esters is 1. The van der Waals surface area contributed by atoms with Crippen molar-refractivity contribution in [3.8, 4) is 0 Å². The van der Waals surface area contributed by atoms with Crippen LogP contribution in [0, 0.1) is 0 Å². The van der Waals surface area contributed by atoms with Crippen molar-refractivity contribution in [3.05, 3.63) is 11.3 Å². The molecular formula is C10H14O4S. The lowest BCUT2D eigenvalue weighted by molar-refractivity contribution is -0.141. The van der Waals surface area contributed by atoms with Crippen LogP contribution in [0.4, 0.5) is 0 Å². The van der Waals surface area contributed by atoms with Gasteiger partial charge in [-0.15, -0.1) is 0 Å². The van der Waals surface area contributed by atoms with Gasteiger partial charge in [0.1, 0.15) is 17.1 Å². The Morgan fingerprint density at radius 2 is 2.13 bits per heavy atom. The van der Waals surface area contributed by atoms with Gasteiger partial charge >= 0.3 is 5.97 Å². The van der Waals surface area contributed by atoms with E-state index in [1.165, 1.54) is 14.0 Å². The molecule has 0 radical (unpaired) electrons. The zero-order valence-electron chi connectivity index (χ0n) is 9.25. The Morgan fingerprint density at radius 3 is 2.60 bits per heavy atom. The fraction of sp³-hybridized carbons (Fsp3) is 0.600. The largest absolute Gasteiger partial charge is 0.499 e. The summed E-state index contributed by atoms with van der Waals surface area (Å²) in [5, 5.41) is -0.0264. The minimum atomic E-state index is -0.582. The van der Waals surface area contributed by atoms with Crippen molar-refractivity contribution in [2.75, 3.05) is 13.7 Å². The van der Waals surface area contributed by atoms with E-state index in [1.807, 2.05) is 6.92 Å². The molecule has 1 aliphatic rings. The zero-order chi connectivity index (χ0) is 11.6.